The quantitative estimate of drug-likeness (QED) is 0.132. The van der Waals surface area contributed by atoms with E-state index in [-0.39, 0.29) is 23.5 Å². The Morgan fingerprint density at radius 1 is 0.918 bits per heavy atom. The van der Waals surface area contributed by atoms with Gasteiger partial charge in [0, 0.05) is 33.4 Å². The highest BCUT2D eigenvalue weighted by Crippen LogP contribution is 2.29. The van der Waals surface area contributed by atoms with Crippen LogP contribution in [0.5, 0.6) is 5.75 Å². The molecule has 2 amide bonds. The van der Waals surface area contributed by atoms with E-state index in [1.165, 1.54) is 28.8 Å². The third kappa shape index (κ3) is 10.4. The van der Waals surface area contributed by atoms with E-state index in [4.69, 9.17) is 27.9 Å². The second-order valence-electron chi connectivity index (χ2n) is 12.3. The van der Waals surface area contributed by atoms with Crippen molar-refractivity contribution in [3.63, 3.8) is 0 Å². The number of carbonyl (C=O) groups is 2. The number of thioether (sulfide) groups is 1. The van der Waals surface area contributed by atoms with Crippen LogP contribution >= 0.6 is 35.0 Å². The number of ether oxygens (including phenoxy) is 1. The minimum atomic E-state index is -4.26. The van der Waals surface area contributed by atoms with Crippen LogP contribution in [-0.4, -0.2) is 56.1 Å². The lowest BCUT2D eigenvalue weighted by Gasteiger charge is -2.35. The van der Waals surface area contributed by atoms with Gasteiger partial charge >= 0.3 is 0 Å². The zero-order valence-corrected chi connectivity index (χ0v) is 31.3. The molecular formula is C37H41Cl2N3O5S2. The van der Waals surface area contributed by atoms with Gasteiger partial charge in [-0.25, -0.2) is 8.42 Å². The number of sulfonamides is 1. The first kappa shape index (κ1) is 38.1. The summed E-state index contributed by atoms with van der Waals surface area (Å²) in [6.07, 6.45) is 2.07. The fraction of sp³-hybridized carbons (Fsp3) is 0.297. The molecule has 4 rings (SSSR count). The molecule has 0 bridgehead atoms. The summed E-state index contributed by atoms with van der Waals surface area (Å²) >= 11 is 14.3. The van der Waals surface area contributed by atoms with Gasteiger partial charge in [-0.05, 0) is 106 Å². The van der Waals surface area contributed by atoms with Crippen LogP contribution in [0, 0.1) is 0 Å². The molecule has 1 N–H and O–H groups in total. The molecule has 12 heteroatoms. The number of hydrogen-bond donors (Lipinski definition) is 1. The molecule has 8 nitrogen and oxygen atoms in total. The average molecular weight is 743 g/mol. The first-order valence-electron chi connectivity index (χ1n) is 15.7. The molecule has 1 atom stereocenters. The van der Waals surface area contributed by atoms with Crippen molar-refractivity contribution in [1.29, 1.82) is 0 Å². The van der Waals surface area contributed by atoms with E-state index in [1.807, 2.05) is 64.3 Å². The lowest BCUT2D eigenvalue weighted by Crippen LogP contribution is -2.56. The van der Waals surface area contributed by atoms with E-state index in [0.29, 0.717) is 28.0 Å². The van der Waals surface area contributed by atoms with Gasteiger partial charge in [0.05, 0.1) is 17.2 Å². The van der Waals surface area contributed by atoms with Gasteiger partial charge in [0.25, 0.3) is 10.0 Å². The predicted octanol–water partition coefficient (Wildman–Crippen LogP) is 7.86. The van der Waals surface area contributed by atoms with Crippen LogP contribution in [0.2, 0.25) is 10.0 Å². The molecule has 260 valence electrons. The SMILES string of the molecule is CCOc1ccc(N(CC(=O)N(Cc2ccc(Cl)cc2Cl)[C@@H](Cc2ccccc2)C(=O)NC(C)(C)C)S(=O)(=O)c2ccc(SC)cc2)cc1. The fourth-order valence-corrected chi connectivity index (χ4v) is 7.41. The summed E-state index contributed by atoms with van der Waals surface area (Å²) in [6.45, 7) is 7.18. The Morgan fingerprint density at radius 3 is 2.14 bits per heavy atom. The Kier molecular flexibility index (Phi) is 13.1. The maximum atomic E-state index is 14.7. The van der Waals surface area contributed by atoms with Crippen LogP contribution in [0.3, 0.4) is 0 Å². The van der Waals surface area contributed by atoms with Crippen LogP contribution in [0.25, 0.3) is 0 Å². The normalized spacial score (nSPS) is 12.2. The predicted molar refractivity (Wildman–Crippen MR) is 199 cm³/mol. The van der Waals surface area contributed by atoms with Gasteiger partial charge < -0.3 is 15.0 Å². The number of rotatable bonds is 14. The largest absolute Gasteiger partial charge is 0.494 e. The van der Waals surface area contributed by atoms with Gasteiger partial charge in [-0.3, -0.25) is 13.9 Å². The van der Waals surface area contributed by atoms with Crippen LogP contribution in [0.1, 0.15) is 38.8 Å². The third-order valence-corrected chi connectivity index (χ3v) is 10.6. The summed E-state index contributed by atoms with van der Waals surface area (Å²) < 4.78 is 35.3. The maximum absolute atomic E-state index is 14.7. The van der Waals surface area contributed by atoms with Crippen molar-refractivity contribution in [2.75, 3.05) is 23.7 Å². The van der Waals surface area contributed by atoms with Gasteiger partial charge in [-0.1, -0.05) is 59.6 Å². The van der Waals surface area contributed by atoms with Crippen LogP contribution in [0.4, 0.5) is 5.69 Å². The van der Waals surface area contributed by atoms with Crippen molar-refractivity contribution in [3.8, 4) is 5.75 Å². The van der Waals surface area contributed by atoms with Gasteiger partial charge in [-0.15, -0.1) is 11.8 Å². The van der Waals surface area contributed by atoms with Crippen molar-refractivity contribution in [2.24, 2.45) is 0 Å². The fourth-order valence-electron chi connectivity index (χ4n) is 5.12. The van der Waals surface area contributed by atoms with E-state index in [2.05, 4.69) is 5.32 Å². The Labute approximate surface area is 303 Å². The van der Waals surface area contributed by atoms with Gasteiger partial charge in [0.15, 0.2) is 0 Å². The number of benzene rings is 4. The number of halogens is 2. The molecule has 0 saturated heterocycles. The molecule has 4 aromatic carbocycles. The van der Waals surface area contributed by atoms with Crippen LogP contribution in [-0.2, 0) is 32.6 Å². The second-order valence-corrected chi connectivity index (χ2v) is 15.9. The van der Waals surface area contributed by atoms with E-state index in [9.17, 15) is 18.0 Å². The van der Waals surface area contributed by atoms with Crippen molar-refractivity contribution in [3.05, 3.63) is 118 Å². The molecule has 0 aliphatic rings. The minimum absolute atomic E-state index is 0.0191. The topological polar surface area (TPSA) is 96.0 Å². The molecule has 4 aromatic rings. The van der Waals surface area contributed by atoms with E-state index >= 15 is 0 Å². The summed E-state index contributed by atoms with van der Waals surface area (Å²) in [5.41, 5.74) is 1.01. The second kappa shape index (κ2) is 16.8. The van der Waals surface area contributed by atoms with E-state index in [1.54, 1.807) is 54.6 Å². The van der Waals surface area contributed by atoms with E-state index < -0.39 is 40.0 Å². The highest BCUT2D eigenvalue weighted by Gasteiger charge is 2.36. The molecule has 0 unspecified atom stereocenters. The van der Waals surface area contributed by atoms with Crippen molar-refractivity contribution >= 4 is 62.5 Å². The molecule has 49 heavy (non-hydrogen) atoms. The van der Waals surface area contributed by atoms with Crippen molar-refractivity contribution in [2.45, 2.75) is 62.0 Å². The van der Waals surface area contributed by atoms with Crippen LogP contribution in [0.15, 0.2) is 107 Å². The highest BCUT2D eigenvalue weighted by molar-refractivity contribution is 7.98. The Morgan fingerprint density at radius 2 is 1.57 bits per heavy atom. The summed E-state index contributed by atoms with van der Waals surface area (Å²) in [7, 11) is -4.26. The summed E-state index contributed by atoms with van der Waals surface area (Å²) in [6, 6.07) is 26.2. The Hall–Kier alpha value is -3.70. The molecule has 0 radical (unpaired) electrons. The molecule has 0 aliphatic heterocycles. The van der Waals surface area contributed by atoms with E-state index in [0.717, 1.165) is 14.8 Å². The zero-order chi connectivity index (χ0) is 35.8. The lowest BCUT2D eigenvalue weighted by molar-refractivity contribution is -0.140. The maximum Gasteiger partial charge on any atom is 0.264 e. The summed E-state index contributed by atoms with van der Waals surface area (Å²) in [4.78, 5) is 31.1. The number of carbonyl (C=O) groups excluding carboxylic acids is 2. The lowest BCUT2D eigenvalue weighted by atomic mass is 10.0. The molecular weight excluding hydrogens is 701 g/mol. The molecule has 0 aromatic heterocycles. The number of nitrogens with one attached hydrogen (secondary N) is 1. The summed E-state index contributed by atoms with van der Waals surface area (Å²) in [5.74, 6) is -0.438. The molecule has 0 heterocycles. The smallest absolute Gasteiger partial charge is 0.264 e. The molecule has 0 fully saturated rings. The van der Waals surface area contributed by atoms with Gasteiger partial charge in [-0.2, -0.15) is 0 Å². The van der Waals surface area contributed by atoms with Crippen LogP contribution < -0.4 is 14.4 Å². The minimum Gasteiger partial charge on any atom is -0.494 e. The van der Waals surface area contributed by atoms with Gasteiger partial charge in [0.1, 0.15) is 18.3 Å². The third-order valence-electron chi connectivity index (χ3n) is 7.49. The molecule has 0 spiro atoms. The first-order chi connectivity index (χ1) is 23.2. The number of anilines is 1. The monoisotopic (exact) mass is 741 g/mol. The summed E-state index contributed by atoms with van der Waals surface area (Å²) in [5, 5.41) is 3.74. The molecule has 0 saturated carbocycles. The standard InChI is InChI=1S/C37H41Cl2N3O5S2/c1-6-47-30-16-14-29(15-17-30)42(49(45,46)32-20-18-31(48-5)19-21-32)25-35(43)41(24-27-12-13-28(38)23-33(27)39)34(36(44)40-37(2,3)4)22-26-10-8-7-9-11-26/h7-21,23,34H,6,22,24-25H2,1-5H3,(H,40,44)/t34-/m0/s1. The van der Waals surface area contributed by atoms with Crippen molar-refractivity contribution < 1.29 is 22.7 Å². The van der Waals surface area contributed by atoms with Gasteiger partial charge in [0.2, 0.25) is 11.8 Å². The Balaban J connectivity index is 1.84. The average Bonchev–Trinajstić information content (AvgIpc) is 3.06. The zero-order valence-electron chi connectivity index (χ0n) is 28.2. The Bertz CT molecular complexity index is 1830. The molecule has 0 aliphatic carbocycles. The van der Waals surface area contributed by atoms with Crippen molar-refractivity contribution in [1.82, 2.24) is 10.2 Å². The number of hydrogen-bond acceptors (Lipinski definition) is 6. The number of amides is 2. The first-order valence-corrected chi connectivity index (χ1v) is 19.1. The highest BCUT2D eigenvalue weighted by atomic mass is 35.5. The number of nitrogens with zero attached hydrogens (tertiary/aromatic N) is 2.